The molecule has 4 saturated carbocycles. The van der Waals surface area contributed by atoms with Gasteiger partial charge < -0.3 is 0 Å². The zero-order chi connectivity index (χ0) is 22.6. The summed E-state index contributed by atoms with van der Waals surface area (Å²) in [5.74, 6) is 4.09. The lowest BCUT2D eigenvalue weighted by atomic mass is 9.44. The molecule has 0 N–H and O–H groups in total. The third-order valence-corrected chi connectivity index (χ3v) is 11.5. The van der Waals surface area contributed by atoms with Crippen LogP contribution in [-0.2, 0) is 9.59 Å². The first-order chi connectivity index (χ1) is 14.6. The molecule has 2 heteroatoms. The summed E-state index contributed by atoms with van der Waals surface area (Å²) in [7, 11) is 0. The SMILES string of the molecule is CC[C@H](CC[C@@H](C)[C@H]1CC[C@H]2[C@@H]3C(=O)C(=O)[C@H]4CCCC[C@]4(C)[C@H]3CC[C@]12C)C(C)C. The molecular formula is C29H48O2. The number of carbonyl (C=O) groups excluding carboxylic acids is 2. The Morgan fingerprint density at radius 1 is 0.839 bits per heavy atom. The molecule has 4 aliphatic carbocycles. The number of hydrogen-bond acceptors (Lipinski definition) is 2. The molecule has 0 aromatic heterocycles. The van der Waals surface area contributed by atoms with Crippen molar-refractivity contribution in [3.05, 3.63) is 0 Å². The van der Waals surface area contributed by atoms with Crippen LogP contribution >= 0.6 is 0 Å². The van der Waals surface area contributed by atoms with E-state index in [1.807, 2.05) is 0 Å². The van der Waals surface area contributed by atoms with Gasteiger partial charge in [-0.25, -0.2) is 0 Å². The van der Waals surface area contributed by atoms with Crippen LogP contribution in [0.5, 0.6) is 0 Å². The van der Waals surface area contributed by atoms with E-state index in [-0.39, 0.29) is 34.2 Å². The van der Waals surface area contributed by atoms with Gasteiger partial charge in [0.05, 0.1) is 0 Å². The highest BCUT2D eigenvalue weighted by Gasteiger charge is 2.64. The number of rotatable bonds is 6. The van der Waals surface area contributed by atoms with Crippen molar-refractivity contribution in [2.24, 2.45) is 58.2 Å². The van der Waals surface area contributed by atoms with Crippen LogP contribution in [0.2, 0.25) is 0 Å². The summed E-state index contributed by atoms with van der Waals surface area (Å²) in [5.41, 5.74) is 0.346. The fourth-order valence-corrected chi connectivity index (χ4v) is 9.48. The predicted octanol–water partition coefficient (Wildman–Crippen LogP) is 7.49. The molecule has 0 amide bonds. The summed E-state index contributed by atoms with van der Waals surface area (Å²) >= 11 is 0. The second-order valence-electron chi connectivity index (χ2n) is 13.0. The maximum Gasteiger partial charge on any atom is 0.202 e. The lowest BCUT2D eigenvalue weighted by molar-refractivity contribution is -0.168. The zero-order valence-electron chi connectivity index (χ0n) is 21.2. The fraction of sp³-hybridized carbons (Fsp3) is 0.931. The maximum absolute atomic E-state index is 13.5. The molecule has 0 unspecified atom stereocenters. The first-order valence-electron chi connectivity index (χ1n) is 13.7. The lowest BCUT2D eigenvalue weighted by Crippen LogP contribution is -2.60. The summed E-state index contributed by atoms with van der Waals surface area (Å²) < 4.78 is 0. The number of ketones is 2. The average molecular weight is 429 g/mol. The van der Waals surface area contributed by atoms with Crippen LogP contribution in [0.3, 0.4) is 0 Å². The molecule has 4 rings (SSSR count). The second-order valence-corrected chi connectivity index (χ2v) is 13.0. The number of fused-ring (bicyclic) bond motifs is 5. The van der Waals surface area contributed by atoms with E-state index in [2.05, 4.69) is 41.5 Å². The first kappa shape index (κ1) is 23.5. The summed E-state index contributed by atoms with van der Waals surface area (Å²) in [6.45, 7) is 14.5. The third-order valence-electron chi connectivity index (χ3n) is 11.5. The molecule has 176 valence electrons. The molecule has 0 heterocycles. The minimum atomic E-state index is 0.0203. The van der Waals surface area contributed by atoms with Crippen molar-refractivity contribution >= 4 is 11.6 Å². The van der Waals surface area contributed by atoms with Gasteiger partial charge in [0, 0.05) is 11.8 Å². The average Bonchev–Trinajstić information content (AvgIpc) is 3.09. The summed E-state index contributed by atoms with van der Waals surface area (Å²) in [4.78, 5) is 26.8. The monoisotopic (exact) mass is 428 g/mol. The van der Waals surface area contributed by atoms with Crippen molar-refractivity contribution in [1.82, 2.24) is 0 Å². The van der Waals surface area contributed by atoms with Crippen molar-refractivity contribution in [3.63, 3.8) is 0 Å². The highest BCUT2D eigenvalue weighted by molar-refractivity contribution is 6.39. The molecule has 0 saturated heterocycles. The van der Waals surface area contributed by atoms with Gasteiger partial charge in [0.25, 0.3) is 0 Å². The molecule has 2 nitrogen and oxygen atoms in total. The number of Topliss-reactive ketones (excluding diaryl/α,β-unsaturated/α-hetero) is 2. The Morgan fingerprint density at radius 2 is 1.55 bits per heavy atom. The normalized spacial score (nSPS) is 44.5. The van der Waals surface area contributed by atoms with Crippen LogP contribution in [0, 0.1) is 58.2 Å². The standard InChI is InChI=1S/C29H48O2/c1-7-20(18(2)3)12-11-19(4)21-13-14-22-25-23(15-17-29(21,22)6)28(5)16-9-8-10-24(28)26(30)27(25)31/h18-25H,7-17H2,1-6H3/t19-,20-,21-,22+,23+,24-,25+,28-,29-/m1/s1. The summed E-state index contributed by atoms with van der Waals surface area (Å²) in [6.07, 6.45) is 13.3. The number of hydrogen-bond donors (Lipinski definition) is 0. The summed E-state index contributed by atoms with van der Waals surface area (Å²) in [6, 6.07) is 0. The zero-order valence-corrected chi connectivity index (χ0v) is 21.2. The van der Waals surface area contributed by atoms with Crippen LogP contribution in [-0.4, -0.2) is 11.6 Å². The van der Waals surface area contributed by atoms with Crippen molar-refractivity contribution < 1.29 is 9.59 Å². The van der Waals surface area contributed by atoms with Crippen LogP contribution in [0.15, 0.2) is 0 Å². The molecule has 0 aromatic carbocycles. The minimum absolute atomic E-state index is 0.0203. The van der Waals surface area contributed by atoms with Gasteiger partial charge in [-0.15, -0.1) is 0 Å². The first-order valence-corrected chi connectivity index (χ1v) is 13.7. The Kier molecular flexibility index (Phi) is 6.52. The predicted molar refractivity (Wildman–Crippen MR) is 128 cm³/mol. The Bertz CT molecular complexity index is 695. The van der Waals surface area contributed by atoms with Gasteiger partial charge in [0.1, 0.15) is 0 Å². The van der Waals surface area contributed by atoms with Gasteiger partial charge in [-0.2, -0.15) is 0 Å². The van der Waals surface area contributed by atoms with Gasteiger partial charge in [-0.3, -0.25) is 9.59 Å². The maximum atomic E-state index is 13.5. The van der Waals surface area contributed by atoms with Crippen molar-refractivity contribution in [1.29, 1.82) is 0 Å². The largest absolute Gasteiger partial charge is 0.291 e. The van der Waals surface area contributed by atoms with Crippen LogP contribution in [0.25, 0.3) is 0 Å². The van der Waals surface area contributed by atoms with Crippen molar-refractivity contribution in [3.8, 4) is 0 Å². The molecule has 4 fully saturated rings. The lowest BCUT2D eigenvalue weighted by Gasteiger charge is -2.59. The molecule has 0 aliphatic heterocycles. The third kappa shape index (κ3) is 3.67. The van der Waals surface area contributed by atoms with Crippen LogP contribution in [0.1, 0.15) is 112 Å². The second kappa shape index (κ2) is 8.60. The van der Waals surface area contributed by atoms with Crippen molar-refractivity contribution in [2.45, 2.75) is 112 Å². The Labute approximate surface area is 191 Å². The highest BCUT2D eigenvalue weighted by atomic mass is 16.2. The van der Waals surface area contributed by atoms with Gasteiger partial charge in [0.2, 0.25) is 11.6 Å². The highest BCUT2D eigenvalue weighted by Crippen LogP contribution is 2.67. The number of carbonyl (C=O) groups is 2. The van der Waals surface area contributed by atoms with Crippen molar-refractivity contribution in [2.75, 3.05) is 0 Å². The van der Waals surface area contributed by atoms with E-state index >= 15 is 0 Å². The van der Waals surface area contributed by atoms with E-state index in [4.69, 9.17) is 0 Å². The van der Waals surface area contributed by atoms with Gasteiger partial charge >= 0.3 is 0 Å². The van der Waals surface area contributed by atoms with E-state index in [0.29, 0.717) is 11.8 Å². The molecule has 0 spiro atoms. The quantitative estimate of drug-likeness (QED) is 0.411. The summed E-state index contributed by atoms with van der Waals surface area (Å²) in [5, 5.41) is 0. The van der Waals surface area contributed by atoms with Crippen LogP contribution in [0.4, 0.5) is 0 Å². The van der Waals surface area contributed by atoms with Crippen LogP contribution < -0.4 is 0 Å². The molecular weight excluding hydrogens is 380 g/mol. The smallest absolute Gasteiger partial charge is 0.202 e. The van der Waals surface area contributed by atoms with Gasteiger partial charge in [-0.1, -0.05) is 67.2 Å². The van der Waals surface area contributed by atoms with E-state index in [1.54, 1.807) is 0 Å². The molecule has 9 atom stereocenters. The Hall–Kier alpha value is -0.660. The Morgan fingerprint density at radius 3 is 2.23 bits per heavy atom. The molecule has 0 aromatic rings. The topological polar surface area (TPSA) is 34.1 Å². The molecule has 0 bridgehead atoms. The molecule has 0 radical (unpaired) electrons. The van der Waals surface area contributed by atoms with E-state index in [1.165, 1.54) is 51.4 Å². The molecule has 31 heavy (non-hydrogen) atoms. The molecule has 4 aliphatic rings. The fourth-order valence-electron chi connectivity index (χ4n) is 9.48. The minimum Gasteiger partial charge on any atom is -0.291 e. The Balaban J connectivity index is 1.53. The van der Waals surface area contributed by atoms with E-state index < -0.39 is 0 Å². The van der Waals surface area contributed by atoms with Gasteiger partial charge in [-0.05, 0) is 91.3 Å². The van der Waals surface area contributed by atoms with E-state index in [0.717, 1.165) is 42.9 Å². The van der Waals surface area contributed by atoms with Gasteiger partial charge in [0.15, 0.2) is 0 Å². The van der Waals surface area contributed by atoms with E-state index in [9.17, 15) is 9.59 Å².